The minimum absolute atomic E-state index is 0.0261. The predicted octanol–water partition coefficient (Wildman–Crippen LogP) is 6.81. The van der Waals surface area contributed by atoms with Crippen LogP contribution in [0.25, 0.3) is 0 Å². The van der Waals surface area contributed by atoms with Crippen molar-refractivity contribution >= 4 is 77.4 Å². The van der Waals surface area contributed by atoms with Crippen molar-refractivity contribution in [2.24, 2.45) is 23.2 Å². The molecule has 0 heterocycles. The molecule has 348 valence electrons. The Labute approximate surface area is 382 Å². The van der Waals surface area contributed by atoms with E-state index in [1.165, 1.54) is 45.4 Å². The van der Waals surface area contributed by atoms with Gasteiger partial charge in [0.1, 0.15) is 32.5 Å². The zero-order chi connectivity index (χ0) is 46.6. The minimum atomic E-state index is -4.42. The van der Waals surface area contributed by atoms with E-state index in [2.05, 4.69) is 35.1 Å². The maximum Gasteiger partial charge on any atom is 0.253 e. The van der Waals surface area contributed by atoms with Crippen molar-refractivity contribution in [1.82, 2.24) is 8.61 Å². The maximum absolute atomic E-state index is 14.3. The van der Waals surface area contributed by atoms with Crippen molar-refractivity contribution in [3.63, 3.8) is 0 Å². The van der Waals surface area contributed by atoms with Crippen LogP contribution in [0.15, 0.2) is 53.2 Å². The maximum atomic E-state index is 14.3. The second-order valence-electron chi connectivity index (χ2n) is 18.6. The van der Waals surface area contributed by atoms with Gasteiger partial charge in [0.15, 0.2) is 11.5 Å². The highest BCUT2D eigenvalue weighted by Gasteiger charge is 2.40. The van der Waals surface area contributed by atoms with Crippen LogP contribution in [0.2, 0.25) is 10.0 Å². The number of anilines is 6. The summed E-state index contributed by atoms with van der Waals surface area (Å²) in [6.07, 6.45) is 10.3. The molecule has 0 aromatic heterocycles. The van der Waals surface area contributed by atoms with Crippen LogP contribution in [0.3, 0.4) is 0 Å². The van der Waals surface area contributed by atoms with Crippen molar-refractivity contribution in [3.8, 4) is 11.5 Å². The normalized spacial score (nSPS) is 21.4. The number of hydrogen-bond donors (Lipinski definition) is 6. The second kappa shape index (κ2) is 18.2. The Hall–Kier alpha value is -4.20. The monoisotopic (exact) mass is 962 g/mol. The smallest absolute Gasteiger partial charge is 0.253 e. The van der Waals surface area contributed by atoms with Crippen LogP contribution in [-0.4, -0.2) is 75.4 Å². The molecule has 7 rings (SSSR count). The van der Waals surface area contributed by atoms with Gasteiger partial charge in [0, 0.05) is 39.8 Å². The van der Waals surface area contributed by atoms with Crippen LogP contribution >= 0.6 is 23.2 Å². The number of halogens is 2. The summed E-state index contributed by atoms with van der Waals surface area (Å²) in [7, 11) is -4.63. The molecular formula is C44H56Cl2N6O10S2. The molecule has 0 spiro atoms. The fourth-order valence-corrected chi connectivity index (χ4v) is 13.3. The van der Waals surface area contributed by atoms with E-state index in [0.717, 1.165) is 72.8 Å². The Morgan fingerprint density at radius 2 is 1.17 bits per heavy atom. The van der Waals surface area contributed by atoms with E-state index in [1.807, 2.05) is 0 Å². The van der Waals surface area contributed by atoms with Crippen LogP contribution in [0, 0.1) is 23.2 Å². The number of nitrogens with one attached hydrogen (secondary N) is 4. The second-order valence-corrected chi connectivity index (χ2v) is 23.5. The first-order chi connectivity index (χ1) is 30.1. The van der Waals surface area contributed by atoms with E-state index in [4.69, 9.17) is 23.2 Å². The zero-order valence-electron chi connectivity index (χ0n) is 36.5. The van der Waals surface area contributed by atoms with Gasteiger partial charge in [0.05, 0.1) is 21.4 Å². The van der Waals surface area contributed by atoms with Gasteiger partial charge in [0.25, 0.3) is 21.7 Å². The average Bonchev–Trinajstić information content (AvgIpc) is 3.78. The minimum Gasteiger partial charge on any atom is -0.504 e. The number of benzene rings is 2. The van der Waals surface area contributed by atoms with Crippen molar-refractivity contribution in [1.29, 1.82) is 0 Å². The van der Waals surface area contributed by atoms with Gasteiger partial charge in [-0.05, 0) is 92.4 Å². The number of hydrogen-bond acceptors (Lipinski definition) is 14. The molecule has 6 N–H and O–H groups in total. The van der Waals surface area contributed by atoms with Gasteiger partial charge >= 0.3 is 0 Å². The summed E-state index contributed by atoms with van der Waals surface area (Å²) in [5.41, 5.74) is -3.46. The zero-order valence-corrected chi connectivity index (χ0v) is 39.7. The summed E-state index contributed by atoms with van der Waals surface area (Å²) >= 11 is 12.7. The number of rotatable bonds is 16. The third-order valence-corrected chi connectivity index (χ3v) is 18.4. The van der Waals surface area contributed by atoms with Crippen molar-refractivity contribution in [2.75, 3.05) is 49.0 Å². The van der Waals surface area contributed by atoms with Gasteiger partial charge in [-0.1, -0.05) is 69.2 Å². The standard InChI is InChI=1S/C44H56Cl2N6O10S2/c1-44(2)20-9-8-15-30(44)49-34-32(38(55)40(34)57)47-29-19-17-27(46)43(37(29)54)64(61,62)52(5)22-23-11-10-14-25(21-23)31(24-12-6-7-13-24)50-35-33(39(56)41(35)58)48-28-18-16-26(45)42(36(28)53)63(59,60)51(3)4/h16-19,23-25,30-31,47-50,53-54H,6-15,20-22H2,1-5H3. The third kappa shape index (κ3) is 8.89. The Kier molecular flexibility index (Phi) is 13.6. The third-order valence-electron chi connectivity index (χ3n) is 13.8. The van der Waals surface area contributed by atoms with Gasteiger partial charge in [-0.2, -0.15) is 0 Å². The lowest BCUT2D eigenvalue weighted by atomic mass is 9.73. The molecule has 20 heteroatoms. The molecule has 64 heavy (non-hydrogen) atoms. The molecule has 0 amide bonds. The summed E-state index contributed by atoms with van der Waals surface area (Å²) in [6, 6.07) is 4.93. The summed E-state index contributed by atoms with van der Waals surface area (Å²) in [5, 5.41) is 34.3. The van der Waals surface area contributed by atoms with E-state index >= 15 is 0 Å². The number of aromatic hydroxyl groups is 2. The highest BCUT2D eigenvalue weighted by atomic mass is 35.5. The quantitative estimate of drug-likeness (QED) is 0.0501. The molecule has 3 aliphatic rings. The van der Waals surface area contributed by atoms with Crippen LogP contribution in [-0.2, 0) is 20.0 Å². The van der Waals surface area contributed by atoms with E-state index in [1.54, 1.807) is 0 Å². The first-order valence-electron chi connectivity index (χ1n) is 21.7. The summed E-state index contributed by atoms with van der Waals surface area (Å²) in [4.78, 5) is 50.6. The van der Waals surface area contributed by atoms with E-state index in [-0.39, 0.29) is 86.0 Å². The Morgan fingerprint density at radius 1 is 0.672 bits per heavy atom. The molecule has 3 aliphatic carbocycles. The summed E-state index contributed by atoms with van der Waals surface area (Å²) in [5.74, 6) is -1.42. The van der Waals surface area contributed by atoms with Crippen molar-refractivity contribution in [2.45, 2.75) is 113 Å². The molecular weight excluding hydrogens is 908 g/mol. The van der Waals surface area contributed by atoms with Gasteiger partial charge in [0.2, 0.25) is 20.0 Å². The molecule has 0 bridgehead atoms. The molecule has 3 saturated carbocycles. The number of nitrogens with zero attached hydrogens (tertiary/aromatic N) is 2. The van der Waals surface area contributed by atoms with Gasteiger partial charge < -0.3 is 31.5 Å². The van der Waals surface area contributed by atoms with E-state index < -0.39 is 63.1 Å². The van der Waals surface area contributed by atoms with Crippen molar-refractivity contribution < 1.29 is 27.0 Å². The first-order valence-corrected chi connectivity index (χ1v) is 25.3. The predicted molar refractivity (Wildman–Crippen MR) is 251 cm³/mol. The Morgan fingerprint density at radius 3 is 1.73 bits per heavy atom. The number of phenols is 2. The molecule has 0 radical (unpaired) electrons. The highest BCUT2D eigenvalue weighted by Crippen LogP contribution is 2.45. The van der Waals surface area contributed by atoms with Gasteiger partial charge in [-0.3, -0.25) is 19.2 Å². The fraction of sp³-hybridized carbons (Fsp3) is 0.545. The lowest BCUT2D eigenvalue weighted by Gasteiger charge is -2.40. The van der Waals surface area contributed by atoms with Gasteiger partial charge in [-0.25, -0.2) is 25.4 Å². The molecule has 4 aromatic carbocycles. The molecule has 0 saturated heterocycles. The van der Waals surface area contributed by atoms with E-state index in [9.17, 15) is 46.2 Å². The molecule has 16 nitrogen and oxygen atoms in total. The summed E-state index contributed by atoms with van der Waals surface area (Å²) in [6.45, 7) is 4.28. The largest absolute Gasteiger partial charge is 0.504 e. The van der Waals surface area contributed by atoms with E-state index in [0.29, 0.717) is 12.8 Å². The topological polar surface area (TPSA) is 232 Å². The van der Waals surface area contributed by atoms with Gasteiger partial charge in [-0.15, -0.1) is 0 Å². The Balaban J connectivity index is 1.08. The number of sulfonamides is 2. The first kappa shape index (κ1) is 47.8. The molecule has 3 fully saturated rings. The lowest BCUT2D eigenvalue weighted by Crippen LogP contribution is -2.45. The fourth-order valence-electron chi connectivity index (χ4n) is 10.0. The molecule has 4 atom stereocenters. The van der Waals surface area contributed by atoms with Crippen LogP contribution in [0.5, 0.6) is 11.5 Å². The van der Waals surface area contributed by atoms with Crippen LogP contribution in [0.4, 0.5) is 34.1 Å². The van der Waals surface area contributed by atoms with Crippen LogP contribution in [0.1, 0.15) is 90.9 Å². The lowest BCUT2D eigenvalue weighted by molar-refractivity contribution is 0.192. The molecule has 4 aromatic rings. The number of phenolic OH excluding ortho intramolecular Hbond substituents is 2. The SMILES string of the molecule is CN(C)S(=O)(=O)c1c(Cl)ccc(Nc2c(NC(C3CCCC3)C3CCCC(CN(C)S(=O)(=O)c4c(Cl)ccc(Nc5c(NC6CCCCC6(C)C)c(=O)c5=O)c4O)C3)c(=O)c2=O)c1O. The van der Waals surface area contributed by atoms with Crippen LogP contribution < -0.4 is 43.0 Å². The summed E-state index contributed by atoms with van der Waals surface area (Å²) < 4.78 is 56.5. The Bertz CT molecular complexity index is 2810. The average molecular weight is 964 g/mol. The highest BCUT2D eigenvalue weighted by molar-refractivity contribution is 7.89. The van der Waals surface area contributed by atoms with Crippen molar-refractivity contribution in [3.05, 3.63) is 75.2 Å². The molecule has 4 unspecified atom stereocenters. The molecule has 0 aliphatic heterocycles.